The fourth-order valence-corrected chi connectivity index (χ4v) is 5.09. The van der Waals surface area contributed by atoms with Crippen LogP contribution in [-0.4, -0.2) is 60.2 Å². The van der Waals surface area contributed by atoms with Crippen LogP contribution in [0.1, 0.15) is 53.2 Å². The molecule has 0 aromatic heterocycles. The van der Waals surface area contributed by atoms with Gasteiger partial charge in [0.15, 0.2) is 0 Å². The van der Waals surface area contributed by atoms with Crippen LogP contribution in [0.4, 0.5) is 0 Å². The summed E-state index contributed by atoms with van der Waals surface area (Å²) in [5.74, 6) is 1.29. The van der Waals surface area contributed by atoms with Crippen molar-refractivity contribution < 1.29 is 19.4 Å². The second kappa shape index (κ2) is 14.5. The number of halogens is 1. The lowest BCUT2D eigenvalue weighted by Gasteiger charge is -2.34. The van der Waals surface area contributed by atoms with E-state index < -0.39 is 0 Å². The van der Waals surface area contributed by atoms with Crippen molar-refractivity contribution in [3.05, 3.63) is 94.0 Å². The van der Waals surface area contributed by atoms with Crippen molar-refractivity contribution in [3.63, 3.8) is 0 Å². The van der Waals surface area contributed by atoms with E-state index in [0.29, 0.717) is 36.3 Å². The number of methoxy groups -OCH3 is 1. The second-order valence-electron chi connectivity index (χ2n) is 10.1. The Morgan fingerprint density at radius 3 is 2.31 bits per heavy atom. The fraction of sp³-hybridized carbons (Fsp3) is 0.406. The van der Waals surface area contributed by atoms with Gasteiger partial charge in [-0.2, -0.15) is 0 Å². The molecule has 39 heavy (non-hydrogen) atoms. The number of ether oxygens (including phenoxy) is 2. The van der Waals surface area contributed by atoms with Gasteiger partial charge in [0.25, 0.3) is 5.91 Å². The van der Waals surface area contributed by atoms with Crippen LogP contribution < -0.4 is 4.74 Å². The first kappa shape index (κ1) is 29.1. The van der Waals surface area contributed by atoms with E-state index in [1.54, 1.807) is 7.11 Å². The summed E-state index contributed by atoms with van der Waals surface area (Å²) in [5, 5.41) is 10.7. The van der Waals surface area contributed by atoms with Crippen molar-refractivity contribution in [1.29, 1.82) is 0 Å². The highest BCUT2D eigenvalue weighted by Crippen LogP contribution is 2.28. The summed E-state index contributed by atoms with van der Waals surface area (Å²) in [6, 6.07) is 21.1. The predicted octanol–water partition coefficient (Wildman–Crippen LogP) is 6.33. The van der Waals surface area contributed by atoms with Gasteiger partial charge in [0, 0.05) is 56.0 Å². The highest BCUT2D eigenvalue weighted by atomic mass is 35.5. The topological polar surface area (TPSA) is 62.2 Å². The Labute approximate surface area is 237 Å². The van der Waals surface area contributed by atoms with E-state index in [9.17, 15) is 9.90 Å². The molecule has 7 heteroatoms. The van der Waals surface area contributed by atoms with E-state index >= 15 is 0 Å². The van der Waals surface area contributed by atoms with Crippen LogP contribution in [0.15, 0.2) is 66.7 Å². The third kappa shape index (κ3) is 8.29. The third-order valence-corrected chi connectivity index (χ3v) is 7.64. The lowest BCUT2D eigenvalue weighted by molar-refractivity contribution is 0.0628. The molecule has 3 aromatic rings. The molecular weight excluding hydrogens is 512 g/mol. The molecule has 1 aliphatic rings. The number of piperazine rings is 1. The number of nitrogens with zero attached hydrogens (tertiary/aromatic N) is 2. The molecule has 1 heterocycles. The lowest BCUT2D eigenvalue weighted by atomic mass is 10.0. The van der Waals surface area contributed by atoms with Crippen LogP contribution in [0, 0.1) is 0 Å². The maximum Gasteiger partial charge on any atom is 0.253 e. The van der Waals surface area contributed by atoms with Gasteiger partial charge in [-0.3, -0.25) is 9.69 Å². The molecular formula is C32H39ClN2O4. The minimum atomic E-state index is -0.0978. The first-order valence-electron chi connectivity index (χ1n) is 13.8. The van der Waals surface area contributed by atoms with Crippen molar-refractivity contribution in [3.8, 4) is 11.5 Å². The molecule has 1 N–H and O–H groups in total. The first-order valence-corrected chi connectivity index (χ1v) is 14.2. The van der Waals surface area contributed by atoms with Gasteiger partial charge in [0.2, 0.25) is 0 Å². The van der Waals surface area contributed by atoms with E-state index in [1.165, 1.54) is 11.1 Å². The molecule has 1 fully saturated rings. The smallest absolute Gasteiger partial charge is 0.253 e. The molecule has 0 spiro atoms. The monoisotopic (exact) mass is 550 g/mol. The first-order chi connectivity index (χ1) is 19.0. The van der Waals surface area contributed by atoms with Crippen molar-refractivity contribution in [2.75, 3.05) is 33.3 Å². The molecule has 0 radical (unpaired) electrons. The Kier molecular flexibility index (Phi) is 10.8. The van der Waals surface area contributed by atoms with Crippen LogP contribution >= 0.6 is 11.6 Å². The summed E-state index contributed by atoms with van der Waals surface area (Å²) in [5.41, 5.74) is 3.79. The molecule has 1 unspecified atom stereocenters. The van der Waals surface area contributed by atoms with Crippen LogP contribution in [-0.2, 0) is 24.3 Å². The SMILES string of the molecule is CCC(CCCc1ccc(Oc2ccc(C(=O)N3CCN(Cc4ccc(Cl)cc4)CC3)cc2)c(CO)c1)OC. The number of amides is 1. The maximum atomic E-state index is 13.1. The number of carbonyl (C=O) groups is 1. The molecule has 0 aliphatic carbocycles. The minimum absolute atomic E-state index is 0.0341. The molecule has 0 bridgehead atoms. The highest BCUT2D eigenvalue weighted by molar-refractivity contribution is 6.30. The van der Waals surface area contributed by atoms with E-state index in [-0.39, 0.29) is 12.5 Å². The largest absolute Gasteiger partial charge is 0.457 e. The summed E-state index contributed by atoms with van der Waals surface area (Å²) in [7, 11) is 1.76. The number of aryl methyl sites for hydroxylation is 1. The van der Waals surface area contributed by atoms with E-state index in [1.807, 2.05) is 71.6 Å². The number of carbonyl (C=O) groups excluding carboxylic acids is 1. The Bertz CT molecular complexity index is 1190. The second-order valence-corrected chi connectivity index (χ2v) is 10.5. The number of aliphatic hydroxyl groups excluding tert-OH is 1. The molecule has 6 nitrogen and oxygen atoms in total. The molecule has 3 aromatic carbocycles. The van der Waals surface area contributed by atoms with Crippen molar-refractivity contribution in [1.82, 2.24) is 9.80 Å². The zero-order valence-electron chi connectivity index (χ0n) is 22.9. The fourth-order valence-electron chi connectivity index (χ4n) is 4.97. The Morgan fingerprint density at radius 2 is 1.67 bits per heavy atom. The van der Waals surface area contributed by atoms with Gasteiger partial charge in [0.05, 0.1) is 12.7 Å². The molecule has 208 valence electrons. The van der Waals surface area contributed by atoms with Gasteiger partial charge in [-0.25, -0.2) is 0 Å². The van der Waals surface area contributed by atoms with Crippen molar-refractivity contribution >= 4 is 17.5 Å². The standard InChI is InChI=1S/C32H39ClN2O4/c1-3-29(38-2)6-4-5-24-9-16-31(27(21-24)23-36)39-30-14-10-26(11-15-30)32(37)35-19-17-34(18-20-35)22-25-7-12-28(33)13-8-25/h7-16,21,29,36H,3-6,17-20,22-23H2,1-2H3. The van der Waals surface area contributed by atoms with Gasteiger partial charge in [-0.05, 0) is 85.3 Å². The van der Waals surface area contributed by atoms with Crippen LogP contribution in [0.5, 0.6) is 11.5 Å². The summed E-state index contributed by atoms with van der Waals surface area (Å²) in [6.07, 6.45) is 4.29. The van der Waals surface area contributed by atoms with Gasteiger partial charge >= 0.3 is 0 Å². The van der Waals surface area contributed by atoms with Gasteiger partial charge < -0.3 is 19.5 Å². The summed E-state index contributed by atoms with van der Waals surface area (Å²) in [6.45, 7) is 5.96. The molecule has 1 aliphatic heterocycles. The molecule has 1 amide bonds. The van der Waals surface area contributed by atoms with Crippen LogP contribution in [0.2, 0.25) is 5.02 Å². The number of aliphatic hydroxyl groups is 1. The zero-order valence-corrected chi connectivity index (χ0v) is 23.7. The lowest BCUT2D eigenvalue weighted by Crippen LogP contribution is -2.48. The molecule has 1 atom stereocenters. The summed E-state index contributed by atoms with van der Waals surface area (Å²) >= 11 is 5.99. The Hall–Kier alpha value is -2.90. The number of hydrogen-bond acceptors (Lipinski definition) is 5. The normalized spacial score (nSPS) is 14.8. The highest BCUT2D eigenvalue weighted by Gasteiger charge is 2.22. The Balaban J connectivity index is 1.28. The molecule has 1 saturated heterocycles. The quantitative estimate of drug-likeness (QED) is 0.285. The average Bonchev–Trinajstić information content (AvgIpc) is 2.97. The summed E-state index contributed by atoms with van der Waals surface area (Å²) in [4.78, 5) is 17.4. The third-order valence-electron chi connectivity index (χ3n) is 7.38. The maximum absolute atomic E-state index is 13.1. The van der Waals surface area contributed by atoms with E-state index in [4.69, 9.17) is 21.1 Å². The summed E-state index contributed by atoms with van der Waals surface area (Å²) < 4.78 is 11.5. The van der Waals surface area contributed by atoms with Crippen LogP contribution in [0.3, 0.4) is 0 Å². The minimum Gasteiger partial charge on any atom is -0.457 e. The number of rotatable bonds is 12. The van der Waals surface area contributed by atoms with Gasteiger partial charge in [-0.1, -0.05) is 36.7 Å². The Morgan fingerprint density at radius 1 is 0.974 bits per heavy atom. The van der Waals surface area contributed by atoms with Gasteiger partial charge in [0.1, 0.15) is 11.5 Å². The molecule has 0 saturated carbocycles. The molecule has 4 rings (SSSR count). The van der Waals surface area contributed by atoms with Crippen molar-refractivity contribution in [2.45, 2.75) is 51.9 Å². The average molecular weight is 551 g/mol. The number of hydrogen-bond donors (Lipinski definition) is 1. The van der Waals surface area contributed by atoms with Crippen LogP contribution in [0.25, 0.3) is 0 Å². The zero-order chi connectivity index (χ0) is 27.6. The number of benzene rings is 3. The van der Waals surface area contributed by atoms with E-state index in [2.05, 4.69) is 11.8 Å². The van der Waals surface area contributed by atoms with Gasteiger partial charge in [-0.15, -0.1) is 0 Å². The predicted molar refractivity (Wildman–Crippen MR) is 156 cm³/mol. The van der Waals surface area contributed by atoms with Crippen molar-refractivity contribution in [2.24, 2.45) is 0 Å². The van der Waals surface area contributed by atoms with E-state index in [0.717, 1.165) is 55.9 Å².